The van der Waals surface area contributed by atoms with Crippen molar-refractivity contribution in [2.45, 2.75) is 13.8 Å². The second kappa shape index (κ2) is 7.60. The highest BCUT2D eigenvalue weighted by Crippen LogP contribution is 2.27. The lowest BCUT2D eigenvalue weighted by atomic mass is 10.1. The number of aromatic amines is 1. The van der Waals surface area contributed by atoms with Crippen LogP contribution in [0.2, 0.25) is 0 Å². The van der Waals surface area contributed by atoms with Gasteiger partial charge in [0, 0.05) is 11.8 Å². The molecular weight excluding hydrogens is 352 g/mol. The molecule has 138 valence electrons. The van der Waals surface area contributed by atoms with E-state index in [9.17, 15) is 9.59 Å². The zero-order chi connectivity index (χ0) is 19.4. The Hall–Kier alpha value is -3.82. The fraction of sp³-hybridized carbons (Fsp3) is 0.176. The van der Waals surface area contributed by atoms with Crippen LogP contribution in [0.3, 0.4) is 0 Å². The highest BCUT2D eigenvalue weighted by Gasteiger charge is 2.14. The Labute approximate surface area is 153 Å². The Morgan fingerprint density at radius 3 is 2.81 bits per heavy atom. The molecule has 0 fully saturated rings. The van der Waals surface area contributed by atoms with Crippen molar-refractivity contribution in [3.63, 3.8) is 0 Å². The average Bonchev–Trinajstić information content (AvgIpc) is 3.15. The number of hydrogen-bond donors (Lipinski definition) is 2. The summed E-state index contributed by atoms with van der Waals surface area (Å²) in [4.78, 5) is 29.3. The molecule has 2 heterocycles. The monoisotopic (exact) mass is 368 g/mol. The number of nitrogens with one attached hydrogen (secondary N) is 1. The van der Waals surface area contributed by atoms with E-state index in [1.54, 1.807) is 18.2 Å². The zero-order valence-corrected chi connectivity index (χ0v) is 14.6. The molecule has 2 N–H and O–H groups in total. The minimum absolute atomic E-state index is 0.218. The molecule has 0 bridgehead atoms. The number of hydrogen-bond acceptors (Lipinski definition) is 7. The number of nitrogens with zero attached hydrogens (tertiary/aromatic N) is 5. The first-order valence-corrected chi connectivity index (χ1v) is 7.92. The van der Waals surface area contributed by atoms with Gasteiger partial charge in [0.2, 0.25) is 0 Å². The maximum absolute atomic E-state index is 11.9. The topological polar surface area (TPSA) is 136 Å². The van der Waals surface area contributed by atoms with Gasteiger partial charge in [-0.3, -0.25) is 4.79 Å². The zero-order valence-electron chi connectivity index (χ0n) is 14.6. The van der Waals surface area contributed by atoms with Crippen LogP contribution in [0.15, 0.2) is 47.2 Å². The molecule has 27 heavy (non-hydrogen) atoms. The Kier molecular flexibility index (Phi) is 5.06. The van der Waals surface area contributed by atoms with Crippen molar-refractivity contribution in [2.75, 3.05) is 6.61 Å². The predicted molar refractivity (Wildman–Crippen MR) is 94.9 cm³/mol. The quantitative estimate of drug-likeness (QED) is 0.624. The van der Waals surface area contributed by atoms with Crippen LogP contribution in [-0.2, 0) is 0 Å². The van der Waals surface area contributed by atoms with Gasteiger partial charge in [-0.1, -0.05) is 5.57 Å². The van der Waals surface area contributed by atoms with Crippen molar-refractivity contribution in [1.29, 1.82) is 0 Å². The molecule has 0 unspecified atom stereocenters. The molecular formula is C17H16N6O4. The highest BCUT2D eigenvalue weighted by atomic mass is 16.5. The lowest BCUT2D eigenvalue weighted by Gasteiger charge is -2.11. The first-order valence-electron chi connectivity index (χ1n) is 7.92. The number of rotatable bonds is 6. The van der Waals surface area contributed by atoms with E-state index < -0.39 is 17.1 Å². The number of allylic oxidation sites excluding steroid dienone is 1. The molecule has 0 atom stereocenters. The number of carboxylic acid groups (broad SMARTS) is 1. The molecule has 0 aliphatic carbocycles. The van der Waals surface area contributed by atoms with E-state index in [2.05, 4.69) is 25.5 Å². The number of tetrazole rings is 1. The van der Waals surface area contributed by atoms with E-state index in [4.69, 9.17) is 9.84 Å². The van der Waals surface area contributed by atoms with Crippen molar-refractivity contribution in [3.05, 3.63) is 58.3 Å². The maximum Gasteiger partial charge on any atom is 0.342 e. The third kappa shape index (κ3) is 4.06. The molecule has 10 nitrogen and oxygen atoms in total. The van der Waals surface area contributed by atoms with Gasteiger partial charge in [-0.15, -0.1) is 5.10 Å². The molecule has 2 aromatic heterocycles. The number of ether oxygens (including phenoxy) is 1. The van der Waals surface area contributed by atoms with Crippen LogP contribution in [-0.4, -0.2) is 47.9 Å². The van der Waals surface area contributed by atoms with Gasteiger partial charge < -0.3 is 14.8 Å². The van der Waals surface area contributed by atoms with Crippen LogP contribution in [0.5, 0.6) is 5.75 Å². The van der Waals surface area contributed by atoms with E-state index in [1.807, 2.05) is 19.9 Å². The van der Waals surface area contributed by atoms with E-state index in [1.165, 1.54) is 11.0 Å². The minimum Gasteiger partial charge on any atom is -0.487 e. The number of aromatic carboxylic acids is 1. The van der Waals surface area contributed by atoms with Gasteiger partial charge in [0.25, 0.3) is 5.56 Å². The fourth-order valence-corrected chi connectivity index (χ4v) is 2.23. The Balaban J connectivity index is 2.02. The molecule has 1 aromatic carbocycles. The van der Waals surface area contributed by atoms with Gasteiger partial charge in [-0.05, 0) is 48.5 Å². The van der Waals surface area contributed by atoms with E-state index in [0.717, 1.165) is 11.8 Å². The van der Waals surface area contributed by atoms with Crippen LogP contribution in [0.25, 0.3) is 17.1 Å². The van der Waals surface area contributed by atoms with Crippen molar-refractivity contribution in [3.8, 4) is 22.8 Å². The molecule has 0 aliphatic heterocycles. The van der Waals surface area contributed by atoms with Crippen molar-refractivity contribution in [1.82, 2.24) is 30.2 Å². The van der Waals surface area contributed by atoms with Crippen LogP contribution < -0.4 is 10.3 Å². The summed E-state index contributed by atoms with van der Waals surface area (Å²) >= 11 is 0. The van der Waals surface area contributed by atoms with Gasteiger partial charge in [-0.2, -0.15) is 4.68 Å². The minimum atomic E-state index is -1.34. The van der Waals surface area contributed by atoms with E-state index in [-0.39, 0.29) is 5.82 Å². The van der Waals surface area contributed by atoms with Crippen LogP contribution in [0.4, 0.5) is 0 Å². The number of carbonyl (C=O) groups is 1. The summed E-state index contributed by atoms with van der Waals surface area (Å²) in [5.74, 6) is -0.587. The first-order chi connectivity index (χ1) is 13.0. The summed E-state index contributed by atoms with van der Waals surface area (Å²) in [5, 5.41) is 20.1. The third-order valence-corrected chi connectivity index (χ3v) is 3.59. The number of H-pyrrole nitrogens is 1. The second-order valence-electron chi connectivity index (χ2n) is 5.81. The summed E-state index contributed by atoms with van der Waals surface area (Å²) in [6.45, 7) is 4.31. The summed E-state index contributed by atoms with van der Waals surface area (Å²) in [5.41, 5.74) is 1.05. The van der Waals surface area contributed by atoms with Crippen molar-refractivity contribution >= 4 is 5.97 Å². The maximum atomic E-state index is 11.9. The highest BCUT2D eigenvalue weighted by molar-refractivity contribution is 5.86. The fourth-order valence-electron chi connectivity index (χ4n) is 2.23. The van der Waals surface area contributed by atoms with Gasteiger partial charge in [0.05, 0.1) is 0 Å². The van der Waals surface area contributed by atoms with E-state index in [0.29, 0.717) is 23.6 Å². The standard InChI is InChI=1S/C17H16N6O4/c1-10(2)5-6-27-14-4-3-11(7-13(14)23-9-19-21-22-23)15-18-8-12(17(25)26)16(24)20-15/h3-5,7-9H,6H2,1-2H3,(H,25,26)(H,18,20,24). The largest absolute Gasteiger partial charge is 0.487 e. The number of aromatic nitrogens is 6. The summed E-state index contributed by atoms with van der Waals surface area (Å²) in [7, 11) is 0. The summed E-state index contributed by atoms with van der Waals surface area (Å²) in [6, 6.07) is 5.09. The normalized spacial score (nSPS) is 10.4. The first kappa shape index (κ1) is 18.0. The molecule has 3 rings (SSSR count). The SMILES string of the molecule is CC(C)=CCOc1ccc(-c2ncc(C(=O)O)c(=O)[nH]2)cc1-n1cnnn1. The van der Waals surface area contributed by atoms with Gasteiger partial charge in [-0.25, -0.2) is 9.78 Å². The Morgan fingerprint density at radius 1 is 1.37 bits per heavy atom. The molecule has 3 aromatic rings. The van der Waals surface area contributed by atoms with Crippen molar-refractivity contribution < 1.29 is 14.6 Å². The number of benzene rings is 1. The van der Waals surface area contributed by atoms with Gasteiger partial charge >= 0.3 is 5.97 Å². The second-order valence-corrected chi connectivity index (χ2v) is 5.81. The third-order valence-electron chi connectivity index (χ3n) is 3.59. The van der Waals surface area contributed by atoms with Crippen LogP contribution >= 0.6 is 0 Å². The number of carboxylic acids is 1. The average molecular weight is 368 g/mol. The smallest absolute Gasteiger partial charge is 0.342 e. The van der Waals surface area contributed by atoms with Crippen molar-refractivity contribution in [2.24, 2.45) is 0 Å². The predicted octanol–water partition coefficient (Wildman–Crippen LogP) is 1.46. The van der Waals surface area contributed by atoms with E-state index >= 15 is 0 Å². The summed E-state index contributed by atoms with van der Waals surface area (Å²) in [6.07, 6.45) is 4.37. The van der Waals surface area contributed by atoms with Crippen LogP contribution in [0, 0.1) is 0 Å². The molecule has 0 amide bonds. The molecule has 0 saturated heterocycles. The molecule has 0 aliphatic rings. The molecule has 0 saturated carbocycles. The Bertz CT molecular complexity index is 1050. The van der Waals surface area contributed by atoms with Crippen LogP contribution in [0.1, 0.15) is 24.2 Å². The van der Waals surface area contributed by atoms with Gasteiger partial charge in [0.15, 0.2) is 0 Å². The molecule has 0 radical (unpaired) electrons. The molecule has 10 heteroatoms. The lowest BCUT2D eigenvalue weighted by Crippen LogP contribution is -2.18. The van der Waals surface area contributed by atoms with Gasteiger partial charge in [0.1, 0.15) is 35.8 Å². The Morgan fingerprint density at radius 2 is 2.19 bits per heavy atom. The summed E-state index contributed by atoms with van der Waals surface area (Å²) < 4.78 is 7.20. The lowest BCUT2D eigenvalue weighted by molar-refractivity contribution is 0.0694. The molecule has 0 spiro atoms.